The molecule has 2 aromatic carbocycles. The van der Waals surface area contributed by atoms with Crippen molar-refractivity contribution < 1.29 is 18.7 Å². The molecule has 1 amide bonds. The van der Waals surface area contributed by atoms with Crippen LogP contribution in [0.25, 0.3) is 0 Å². The summed E-state index contributed by atoms with van der Waals surface area (Å²) in [6, 6.07) is 13.7. The van der Waals surface area contributed by atoms with Crippen LogP contribution in [0.5, 0.6) is 0 Å². The molecule has 1 unspecified atom stereocenters. The van der Waals surface area contributed by atoms with Crippen molar-refractivity contribution >= 4 is 6.09 Å². The van der Waals surface area contributed by atoms with Crippen LogP contribution in [0.4, 0.5) is 9.18 Å². The van der Waals surface area contributed by atoms with Crippen LogP contribution < -0.4 is 0 Å². The number of hydrogen-bond acceptors (Lipinski definition) is 3. The normalized spacial score (nSPS) is 21.3. The van der Waals surface area contributed by atoms with E-state index in [4.69, 9.17) is 9.47 Å². The molecule has 1 aliphatic carbocycles. The summed E-state index contributed by atoms with van der Waals surface area (Å²) in [5.41, 5.74) is 4.80. The maximum absolute atomic E-state index is 15.2. The molecule has 4 nitrogen and oxygen atoms in total. The minimum Gasteiger partial charge on any atom is -0.445 e. The Balaban J connectivity index is 1.47. The van der Waals surface area contributed by atoms with Crippen molar-refractivity contribution in [3.63, 3.8) is 0 Å². The second kappa shape index (κ2) is 7.31. The van der Waals surface area contributed by atoms with Crippen molar-refractivity contribution in [3.05, 3.63) is 70.3 Å². The Morgan fingerprint density at radius 1 is 1.07 bits per heavy atom. The number of methoxy groups -OCH3 is 1. The lowest BCUT2D eigenvalue weighted by molar-refractivity contribution is -0.127. The summed E-state index contributed by atoms with van der Waals surface area (Å²) in [6.07, 6.45) is 2.05. The second-order valence-corrected chi connectivity index (χ2v) is 7.20. The number of rotatable bonds is 3. The molecule has 1 aliphatic heterocycles. The number of halogens is 1. The molecule has 0 N–H and O–H groups in total. The molecule has 142 valence electrons. The second-order valence-electron chi connectivity index (χ2n) is 7.20. The molecule has 1 atom stereocenters. The quantitative estimate of drug-likeness (QED) is 0.816. The highest BCUT2D eigenvalue weighted by Gasteiger charge is 2.42. The van der Waals surface area contributed by atoms with Gasteiger partial charge in [-0.3, -0.25) is 0 Å². The highest BCUT2D eigenvalue weighted by Crippen LogP contribution is 2.44. The molecule has 0 fully saturated rings. The summed E-state index contributed by atoms with van der Waals surface area (Å²) in [5.74, 6) is -1.70. The Bertz CT molecular complexity index is 839. The minimum absolute atomic E-state index is 0.260. The van der Waals surface area contributed by atoms with Gasteiger partial charge in [0.05, 0.1) is 0 Å². The van der Waals surface area contributed by atoms with Crippen LogP contribution >= 0.6 is 0 Å². The zero-order valence-corrected chi connectivity index (χ0v) is 15.5. The van der Waals surface area contributed by atoms with E-state index in [-0.39, 0.29) is 12.7 Å². The van der Waals surface area contributed by atoms with Gasteiger partial charge in [0.2, 0.25) is 5.85 Å². The van der Waals surface area contributed by atoms with E-state index in [1.54, 1.807) is 4.90 Å². The maximum Gasteiger partial charge on any atom is 0.410 e. The van der Waals surface area contributed by atoms with Gasteiger partial charge in [0.1, 0.15) is 6.61 Å². The molecule has 1 heterocycles. The predicted molar refractivity (Wildman–Crippen MR) is 100 cm³/mol. The van der Waals surface area contributed by atoms with E-state index < -0.39 is 5.85 Å². The van der Waals surface area contributed by atoms with E-state index in [1.807, 2.05) is 36.4 Å². The lowest BCUT2D eigenvalue weighted by Gasteiger charge is -2.23. The number of carbonyl (C=O) groups is 1. The summed E-state index contributed by atoms with van der Waals surface area (Å²) in [4.78, 5) is 14.2. The molecule has 4 rings (SSSR count). The third kappa shape index (κ3) is 3.44. The summed E-state index contributed by atoms with van der Waals surface area (Å²) in [6.45, 7) is 1.36. The van der Waals surface area contributed by atoms with Crippen LogP contribution in [0.2, 0.25) is 0 Å². The van der Waals surface area contributed by atoms with Gasteiger partial charge < -0.3 is 14.4 Å². The molecule has 0 radical (unpaired) electrons. The maximum atomic E-state index is 15.2. The predicted octanol–water partition coefficient (Wildman–Crippen LogP) is 4.14. The average molecular weight is 369 g/mol. The lowest BCUT2D eigenvalue weighted by Crippen LogP contribution is -2.33. The largest absolute Gasteiger partial charge is 0.445 e. The molecule has 5 heteroatoms. The number of ether oxygens (including phenoxy) is 2. The molecule has 27 heavy (non-hydrogen) atoms. The molecular formula is C22H24FNO3. The Hall–Kier alpha value is -2.40. The topological polar surface area (TPSA) is 38.8 Å². The number of alkyl halides is 1. The van der Waals surface area contributed by atoms with Gasteiger partial charge in [-0.2, -0.15) is 0 Å². The summed E-state index contributed by atoms with van der Waals surface area (Å²) in [5, 5.41) is 0. The van der Waals surface area contributed by atoms with Crippen LogP contribution in [0.15, 0.2) is 42.5 Å². The highest BCUT2D eigenvalue weighted by atomic mass is 19.2. The Morgan fingerprint density at radius 3 is 2.59 bits per heavy atom. The number of benzene rings is 2. The summed E-state index contributed by atoms with van der Waals surface area (Å²) < 4.78 is 25.9. The zero-order chi connectivity index (χ0) is 18.9. The van der Waals surface area contributed by atoms with Crippen molar-refractivity contribution in [3.8, 4) is 0 Å². The van der Waals surface area contributed by atoms with Crippen LogP contribution in [0.3, 0.4) is 0 Å². The molecule has 0 bridgehead atoms. The Kier molecular flexibility index (Phi) is 4.87. The molecule has 2 aromatic rings. The van der Waals surface area contributed by atoms with Crippen LogP contribution in [-0.2, 0) is 41.2 Å². The van der Waals surface area contributed by atoms with Gasteiger partial charge >= 0.3 is 6.09 Å². The van der Waals surface area contributed by atoms with Crippen LogP contribution in [0, 0.1) is 0 Å². The van der Waals surface area contributed by atoms with Gasteiger partial charge in [-0.1, -0.05) is 42.5 Å². The number of aryl methyl sites for hydroxylation is 1. The molecule has 0 aromatic heterocycles. The van der Waals surface area contributed by atoms with Crippen molar-refractivity contribution in [1.82, 2.24) is 4.90 Å². The lowest BCUT2D eigenvalue weighted by atomic mass is 9.92. The summed E-state index contributed by atoms with van der Waals surface area (Å²) >= 11 is 0. The Labute approximate surface area is 158 Å². The number of hydrogen-bond donors (Lipinski definition) is 0. The van der Waals surface area contributed by atoms with Crippen molar-refractivity contribution in [1.29, 1.82) is 0 Å². The van der Waals surface area contributed by atoms with Gasteiger partial charge in [-0.05, 0) is 41.5 Å². The first-order valence-electron chi connectivity index (χ1n) is 9.44. The monoisotopic (exact) mass is 369 g/mol. The Morgan fingerprint density at radius 2 is 1.81 bits per heavy atom. The van der Waals surface area contributed by atoms with Gasteiger partial charge in [-0.15, -0.1) is 0 Å². The molecular weight excluding hydrogens is 345 g/mol. The standard InChI is InChI=1S/C22H24FNO3/c1-26-22(23)12-9-18-8-7-17-10-13-24(14-11-19(17)20(18)22)21(25)27-15-16-5-3-2-4-6-16/h2-8H,9-15H2,1H3. The van der Waals surface area contributed by atoms with Gasteiger partial charge in [0, 0.05) is 32.2 Å². The minimum atomic E-state index is -1.70. The van der Waals surface area contributed by atoms with Crippen molar-refractivity contribution in [2.75, 3.05) is 20.2 Å². The fraction of sp³-hybridized carbons (Fsp3) is 0.409. The summed E-state index contributed by atoms with van der Waals surface area (Å²) in [7, 11) is 1.43. The average Bonchev–Trinajstić information content (AvgIpc) is 2.90. The third-order valence-electron chi connectivity index (χ3n) is 5.66. The third-order valence-corrected chi connectivity index (χ3v) is 5.66. The van der Waals surface area contributed by atoms with E-state index in [2.05, 4.69) is 6.07 Å². The van der Waals surface area contributed by atoms with Gasteiger partial charge in [0.15, 0.2) is 0 Å². The number of fused-ring (bicyclic) bond motifs is 3. The number of carbonyl (C=O) groups excluding carboxylic acids is 1. The molecule has 0 saturated heterocycles. The SMILES string of the molecule is COC1(F)CCc2ccc3c(c21)CCN(C(=O)OCc1ccccc1)CC3. The van der Waals surface area contributed by atoms with Crippen LogP contribution in [-0.4, -0.2) is 31.2 Å². The van der Waals surface area contributed by atoms with Gasteiger partial charge in [0.25, 0.3) is 0 Å². The molecule has 2 aliphatic rings. The highest BCUT2D eigenvalue weighted by molar-refractivity contribution is 5.68. The number of nitrogens with zero attached hydrogens (tertiary/aromatic N) is 1. The van der Waals surface area contributed by atoms with E-state index in [1.165, 1.54) is 7.11 Å². The van der Waals surface area contributed by atoms with E-state index in [0.29, 0.717) is 44.3 Å². The first-order valence-corrected chi connectivity index (χ1v) is 9.44. The van der Waals surface area contributed by atoms with E-state index in [0.717, 1.165) is 22.3 Å². The fourth-order valence-electron chi connectivity index (χ4n) is 4.16. The number of amides is 1. The zero-order valence-electron chi connectivity index (χ0n) is 15.5. The van der Waals surface area contributed by atoms with Crippen molar-refractivity contribution in [2.24, 2.45) is 0 Å². The smallest absolute Gasteiger partial charge is 0.410 e. The van der Waals surface area contributed by atoms with E-state index in [9.17, 15) is 4.79 Å². The van der Waals surface area contributed by atoms with Crippen molar-refractivity contribution in [2.45, 2.75) is 38.1 Å². The van der Waals surface area contributed by atoms with Gasteiger partial charge in [-0.25, -0.2) is 9.18 Å². The first-order chi connectivity index (χ1) is 13.1. The van der Waals surface area contributed by atoms with E-state index >= 15 is 4.39 Å². The molecule has 0 spiro atoms. The fourth-order valence-corrected chi connectivity index (χ4v) is 4.16. The molecule has 0 saturated carbocycles. The van der Waals surface area contributed by atoms with Crippen LogP contribution in [0.1, 0.15) is 34.2 Å². The first kappa shape index (κ1) is 18.0.